The number of halogens is 5. The molecule has 6 nitrogen and oxygen atoms in total. The minimum atomic E-state index is -4.53. The highest BCUT2D eigenvalue weighted by molar-refractivity contribution is 5.35. The van der Waals surface area contributed by atoms with Crippen LogP contribution >= 0.6 is 0 Å². The van der Waals surface area contributed by atoms with E-state index in [0.717, 1.165) is 0 Å². The molecule has 0 amide bonds. The molecule has 0 unspecified atom stereocenters. The Morgan fingerprint density at radius 3 is 2.50 bits per heavy atom. The first kappa shape index (κ1) is 17.7. The third-order valence-electron chi connectivity index (χ3n) is 3.23. The molecule has 0 N–H and O–H groups in total. The molecule has 0 saturated carbocycles. The zero-order valence-electron chi connectivity index (χ0n) is 12.9. The van der Waals surface area contributed by atoms with Crippen LogP contribution < -0.4 is 4.74 Å². The molecule has 3 aromatic rings. The van der Waals surface area contributed by atoms with E-state index < -0.39 is 18.2 Å². The number of rotatable bonds is 5. The molecule has 0 atom stereocenters. The molecule has 0 fully saturated rings. The molecule has 0 aliphatic heterocycles. The van der Waals surface area contributed by atoms with Gasteiger partial charge in [-0.05, 0) is 12.1 Å². The Balaban J connectivity index is 1.66. The lowest BCUT2D eigenvalue weighted by molar-refractivity contribution is -0.138. The molecule has 0 radical (unpaired) electrons. The molecule has 2 aromatic heterocycles. The van der Waals surface area contributed by atoms with Crippen molar-refractivity contribution in [2.24, 2.45) is 0 Å². The monoisotopic (exact) mass is 371 g/mol. The molecule has 2 heterocycles. The Hall–Kier alpha value is -3.11. The van der Waals surface area contributed by atoms with E-state index in [9.17, 15) is 22.0 Å². The van der Waals surface area contributed by atoms with Gasteiger partial charge in [0.15, 0.2) is 0 Å². The van der Waals surface area contributed by atoms with Gasteiger partial charge in [-0.2, -0.15) is 13.2 Å². The van der Waals surface area contributed by atoms with E-state index in [1.807, 2.05) is 0 Å². The van der Waals surface area contributed by atoms with Crippen LogP contribution in [0.15, 0.2) is 42.9 Å². The largest absolute Gasteiger partial charge is 0.457 e. The van der Waals surface area contributed by atoms with E-state index in [1.54, 1.807) is 6.07 Å². The van der Waals surface area contributed by atoms with Gasteiger partial charge in [0.1, 0.15) is 12.3 Å². The lowest BCUT2D eigenvalue weighted by atomic mass is 10.2. The second-order valence-corrected chi connectivity index (χ2v) is 5.09. The number of aromatic nitrogens is 5. The van der Waals surface area contributed by atoms with Gasteiger partial charge in [-0.1, -0.05) is 17.3 Å². The van der Waals surface area contributed by atoms with Crippen molar-refractivity contribution in [2.75, 3.05) is 0 Å². The van der Waals surface area contributed by atoms with Crippen LogP contribution in [0.5, 0.6) is 6.01 Å². The number of benzene rings is 1. The summed E-state index contributed by atoms with van der Waals surface area (Å²) in [6.07, 6.45) is -4.50. The molecule has 0 saturated heterocycles. The van der Waals surface area contributed by atoms with E-state index in [2.05, 4.69) is 20.3 Å². The third kappa shape index (κ3) is 4.10. The molecular weight excluding hydrogens is 361 g/mol. The van der Waals surface area contributed by atoms with Gasteiger partial charge in [0, 0.05) is 18.0 Å². The zero-order valence-corrected chi connectivity index (χ0v) is 12.9. The quantitative estimate of drug-likeness (QED) is 0.642. The van der Waals surface area contributed by atoms with Crippen LogP contribution in [0.2, 0.25) is 0 Å². The number of ether oxygens (including phenoxy) is 1. The van der Waals surface area contributed by atoms with Crippen LogP contribution in [0, 0.1) is 0 Å². The van der Waals surface area contributed by atoms with E-state index in [-0.39, 0.29) is 18.2 Å². The van der Waals surface area contributed by atoms with E-state index in [1.165, 1.54) is 29.1 Å². The molecule has 1 aromatic carbocycles. The van der Waals surface area contributed by atoms with Gasteiger partial charge in [0.25, 0.3) is 6.43 Å². The van der Waals surface area contributed by atoms with Gasteiger partial charge in [0.05, 0.1) is 17.4 Å². The Labute approximate surface area is 143 Å². The normalized spacial score (nSPS) is 11.8. The Bertz CT molecular complexity index is 879. The van der Waals surface area contributed by atoms with Crippen molar-refractivity contribution in [3.05, 3.63) is 59.7 Å². The molecule has 11 heteroatoms. The Morgan fingerprint density at radius 2 is 1.85 bits per heavy atom. The van der Waals surface area contributed by atoms with Crippen LogP contribution in [0.1, 0.15) is 23.2 Å². The number of alkyl halides is 5. The van der Waals surface area contributed by atoms with Crippen molar-refractivity contribution >= 4 is 0 Å². The van der Waals surface area contributed by atoms with Crippen molar-refractivity contribution in [2.45, 2.75) is 19.2 Å². The Morgan fingerprint density at radius 1 is 1.12 bits per heavy atom. The fraction of sp³-hybridized carbons (Fsp3) is 0.200. The van der Waals surface area contributed by atoms with Crippen LogP contribution in [-0.2, 0) is 12.8 Å². The van der Waals surface area contributed by atoms with E-state index in [0.29, 0.717) is 23.8 Å². The Kier molecular flexibility index (Phi) is 4.78. The van der Waals surface area contributed by atoms with Gasteiger partial charge >= 0.3 is 12.2 Å². The van der Waals surface area contributed by atoms with Crippen LogP contribution in [0.3, 0.4) is 0 Å². The van der Waals surface area contributed by atoms with Crippen molar-refractivity contribution in [3.63, 3.8) is 0 Å². The maximum Gasteiger partial charge on any atom is 0.419 e. The van der Waals surface area contributed by atoms with Gasteiger partial charge in [-0.25, -0.2) is 23.4 Å². The summed E-state index contributed by atoms with van der Waals surface area (Å²) in [5.41, 5.74) is -0.452. The zero-order chi connectivity index (χ0) is 18.7. The molecule has 0 aliphatic carbocycles. The van der Waals surface area contributed by atoms with Crippen LogP contribution in [0.4, 0.5) is 22.0 Å². The first-order chi connectivity index (χ1) is 12.3. The highest BCUT2D eigenvalue weighted by atomic mass is 19.4. The van der Waals surface area contributed by atoms with Crippen molar-refractivity contribution < 1.29 is 26.7 Å². The highest BCUT2D eigenvalue weighted by Crippen LogP contribution is 2.28. The smallest absolute Gasteiger partial charge is 0.419 e. The molecule has 0 aliphatic rings. The summed E-state index contributed by atoms with van der Waals surface area (Å²) in [5, 5.41) is 7.60. The average molecular weight is 371 g/mol. The van der Waals surface area contributed by atoms with Gasteiger partial charge in [-0.15, -0.1) is 5.10 Å². The molecule has 0 bridgehead atoms. The standard InChI is InChI=1S/C15H10F5N5O/c16-13(17)9-2-1-3-12(4-9)25-7-11(23-24-25)8-26-14-21-5-10(6-22-14)15(18,19)20/h1-7,13H,8H2. The molecule has 3 rings (SSSR count). The summed E-state index contributed by atoms with van der Waals surface area (Å²) in [7, 11) is 0. The van der Waals surface area contributed by atoms with Crippen molar-refractivity contribution in [1.29, 1.82) is 0 Å². The first-order valence-electron chi connectivity index (χ1n) is 7.14. The van der Waals surface area contributed by atoms with Gasteiger partial charge < -0.3 is 4.74 Å². The van der Waals surface area contributed by atoms with Crippen LogP contribution in [0.25, 0.3) is 5.69 Å². The van der Waals surface area contributed by atoms with Crippen LogP contribution in [-0.4, -0.2) is 25.0 Å². The summed E-state index contributed by atoms with van der Waals surface area (Å²) in [6.45, 7) is -0.153. The lowest BCUT2D eigenvalue weighted by Crippen LogP contribution is -2.07. The molecule has 136 valence electrons. The minimum Gasteiger partial charge on any atom is -0.457 e. The van der Waals surface area contributed by atoms with Crippen molar-refractivity contribution in [1.82, 2.24) is 25.0 Å². The summed E-state index contributed by atoms with van der Waals surface area (Å²) < 4.78 is 69.2. The fourth-order valence-electron chi connectivity index (χ4n) is 1.97. The number of hydrogen-bond donors (Lipinski definition) is 0. The second-order valence-electron chi connectivity index (χ2n) is 5.09. The number of hydrogen-bond acceptors (Lipinski definition) is 5. The van der Waals surface area contributed by atoms with E-state index >= 15 is 0 Å². The maximum atomic E-state index is 12.7. The molecular formula is C15H10F5N5O. The topological polar surface area (TPSA) is 65.7 Å². The predicted octanol–water partition coefficient (Wildman–Crippen LogP) is 3.59. The first-order valence-corrected chi connectivity index (χ1v) is 7.14. The van der Waals surface area contributed by atoms with Gasteiger partial charge in [-0.3, -0.25) is 0 Å². The molecule has 26 heavy (non-hydrogen) atoms. The number of nitrogens with zero attached hydrogens (tertiary/aromatic N) is 5. The maximum absolute atomic E-state index is 12.7. The minimum absolute atomic E-state index is 0.153. The predicted molar refractivity (Wildman–Crippen MR) is 77.7 cm³/mol. The van der Waals surface area contributed by atoms with Crippen molar-refractivity contribution in [3.8, 4) is 11.7 Å². The lowest BCUT2D eigenvalue weighted by Gasteiger charge is -2.06. The summed E-state index contributed by atoms with van der Waals surface area (Å²) in [6, 6.07) is 5.33. The molecule has 0 spiro atoms. The second kappa shape index (κ2) is 7.02. The van der Waals surface area contributed by atoms with E-state index in [4.69, 9.17) is 4.74 Å². The summed E-state index contributed by atoms with van der Waals surface area (Å²) >= 11 is 0. The summed E-state index contributed by atoms with van der Waals surface area (Å²) in [5.74, 6) is 0. The SMILES string of the molecule is FC(F)c1cccc(-n2cc(COc3ncc(C(F)(F)F)cn3)nn2)c1. The van der Waals surface area contributed by atoms with Gasteiger partial charge in [0.2, 0.25) is 0 Å². The fourth-order valence-corrected chi connectivity index (χ4v) is 1.97. The highest BCUT2D eigenvalue weighted by Gasteiger charge is 2.31. The third-order valence-corrected chi connectivity index (χ3v) is 3.23. The average Bonchev–Trinajstić information content (AvgIpc) is 3.09. The summed E-state index contributed by atoms with van der Waals surface area (Å²) in [4.78, 5) is 6.93.